The molecule has 0 aliphatic heterocycles. The van der Waals surface area contributed by atoms with Crippen LogP contribution in [0, 0.1) is 0 Å². The summed E-state index contributed by atoms with van der Waals surface area (Å²) in [6, 6.07) is 17.2. The summed E-state index contributed by atoms with van der Waals surface area (Å²) in [7, 11) is 0. The predicted octanol–water partition coefficient (Wildman–Crippen LogP) is 6.02. The summed E-state index contributed by atoms with van der Waals surface area (Å²) in [6.45, 7) is 0. The zero-order valence-electron chi connectivity index (χ0n) is 15.2. The first-order chi connectivity index (χ1) is 14.6. The van der Waals surface area contributed by atoms with E-state index in [0.717, 1.165) is 21.0 Å². The summed E-state index contributed by atoms with van der Waals surface area (Å²) < 4.78 is 7.36. The number of aromatic nitrogens is 3. The van der Waals surface area contributed by atoms with Crippen molar-refractivity contribution in [3.63, 3.8) is 0 Å². The van der Waals surface area contributed by atoms with E-state index in [1.165, 1.54) is 34.4 Å². The van der Waals surface area contributed by atoms with Crippen molar-refractivity contribution >= 4 is 72.2 Å². The van der Waals surface area contributed by atoms with E-state index in [2.05, 4.69) is 41.7 Å². The van der Waals surface area contributed by atoms with E-state index in [4.69, 9.17) is 4.74 Å². The second-order valence-electron chi connectivity index (χ2n) is 5.74. The Morgan fingerprint density at radius 2 is 1.77 bits per heavy atom. The second kappa shape index (κ2) is 10.0. The number of amides is 1. The third-order valence-corrected chi connectivity index (χ3v) is 6.91. The number of para-hydroxylation sites is 1. The molecular formula is C19H14BrN5O2S3. The molecule has 0 bridgehead atoms. The van der Waals surface area contributed by atoms with Gasteiger partial charge in [-0.05, 0) is 52.3 Å². The van der Waals surface area contributed by atoms with Gasteiger partial charge in [0.15, 0.2) is 9.47 Å². The highest BCUT2D eigenvalue weighted by Crippen LogP contribution is 2.29. The molecule has 30 heavy (non-hydrogen) atoms. The first-order valence-electron chi connectivity index (χ1n) is 8.61. The predicted molar refractivity (Wildman–Crippen MR) is 125 cm³/mol. The van der Waals surface area contributed by atoms with Crippen LogP contribution in [-0.4, -0.2) is 26.8 Å². The van der Waals surface area contributed by atoms with Crippen LogP contribution in [0.2, 0.25) is 0 Å². The number of rotatable bonds is 8. The summed E-state index contributed by atoms with van der Waals surface area (Å²) >= 11 is 7.39. The molecule has 0 fully saturated rings. The second-order valence-corrected chi connectivity index (χ2v) is 10.4. The molecule has 0 aliphatic rings. The van der Waals surface area contributed by atoms with Crippen molar-refractivity contribution in [2.45, 2.75) is 4.34 Å². The molecular weight excluding hydrogens is 506 g/mol. The minimum Gasteiger partial charge on any atom is -0.457 e. The molecule has 152 valence electrons. The average Bonchev–Trinajstić information content (AvgIpc) is 3.37. The number of hydrogen-bond acceptors (Lipinski definition) is 9. The fourth-order valence-electron chi connectivity index (χ4n) is 2.27. The monoisotopic (exact) mass is 519 g/mol. The highest BCUT2D eigenvalue weighted by atomic mass is 79.9. The lowest BCUT2D eigenvalue weighted by molar-refractivity contribution is -0.113. The van der Waals surface area contributed by atoms with Gasteiger partial charge in [0.25, 0.3) is 0 Å². The molecule has 11 heteroatoms. The van der Waals surface area contributed by atoms with Crippen molar-refractivity contribution in [1.82, 2.24) is 15.2 Å². The molecule has 0 atom stereocenters. The van der Waals surface area contributed by atoms with Crippen molar-refractivity contribution in [3.8, 4) is 11.5 Å². The number of ether oxygens (including phenoxy) is 1. The number of thiazole rings is 1. The Morgan fingerprint density at radius 3 is 2.50 bits per heavy atom. The lowest BCUT2D eigenvalue weighted by Crippen LogP contribution is -2.13. The number of benzene rings is 2. The minimum atomic E-state index is -0.138. The van der Waals surface area contributed by atoms with Crippen molar-refractivity contribution in [3.05, 3.63) is 64.6 Å². The molecule has 0 saturated heterocycles. The maximum absolute atomic E-state index is 12.0. The molecule has 2 aromatic heterocycles. The fourth-order valence-corrected chi connectivity index (χ4v) is 4.96. The summed E-state index contributed by atoms with van der Waals surface area (Å²) in [5.41, 5.74) is 0.871. The largest absolute Gasteiger partial charge is 0.457 e. The number of nitrogens with one attached hydrogen (secondary N) is 2. The SMILES string of the molecule is O=C(CSc1nnc(Nc2ccc(Oc3ccccc3)cc2)s1)Nc1ncc(Br)s1. The summed E-state index contributed by atoms with van der Waals surface area (Å²) in [5, 5.41) is 15.4. The maximum atomic E-state index is 12.0. The van der Waals surface area contributed by atoms with Gasteiger partial charge in [0.05, 0.1) is 15.7 Å². The first-order valence-corrected chi connectivity index (χ1v) is 12.0. The molecule has 4 rings (SSSR count). The molecule has 0 saturated carbocycles. The molecule has 0 spiro atoms. The number of hydrogen-bond donors (Lipinski definition) is 2. The molecule has 4 aromatic rings. The maximum Gasteiger partial charge on any atom is 0.236 e. The van der Waals surface area contributed by atoms with Gasteiger partial charge < -0.3 is 15.4 Å². The van der Waals surface area contributed by atoms with Crippen LogP contribution in [0.3, 0.4) is 0 Å². The quantitative estimate of drug-likeness (QED) is 0.275. The molecule has 0 unspecified atom stereocenters. The number of nitrogens with zero attached hydrogens (tertiary/aromatic N) is 3. The van der Waals surface area contributed by atoms with Gasteiger partial charge >= 0.3 is 0 Å². The van der Waals surface area contributed by atoms with Gasteiger partial charge in [0, 0.05) is 5.69 Å². The number of carbonyl (C=O) groups excluding carboxylic acids is 1. The van der Waals surface area contributed by atoms with E-state index in [9.17, 15) is 4.79 Å². The van der Waals surface area contributed by atoms with Crippen LogP contribution in [0.1, 0.15) is 0 Å². The van der Waals surface area contributed by atoms with Gasteiger partial charge in [0.1, 0.15) is 11.5 Å². The summed E-state index contributed by atoms with van der Waals surface area (Å²) in [6.07, 6.45) is 1.65. The molecule has 0 aliphatic carbocycles. The molecule has 2 aromatic carbocycles. The average molecular weight is 520 g/mol. The number of halogens is 1. The Kier molecular flexibility index (Phi) is 6.95. The van der Waals surface area contributed by atoms with Crippen molar-refractivity contribution in [2.24, 2.45) is 0 Å². The van der Waals surface area contributed by atoms with Gasteiger partial charge in [-0.1, -0.05) is 52.6 Å². The highest BCUT2D eigenvalue weighted by molar-refractivity contribution is 9.11. The third kappa shape index (κ3) is 6.02. The van der Waals surface area contributed by atoms with E-state index in [1.54, 1.807) is 6.20 Å². The topological polar surface area (TPSA) is 89.0 Å². The Labute approximate surface area is 193 Å². The number of thioether (sulfide) groups is 1. The lowest BCUT2D eigenvalue weighted by Gasteiger charge is -2.06. The molecule has 0 radical (unpaired) electrons. The van der Waals surface area contributed by atoms with Crippen LogP contribution in [0.25, 0.3) is 0 Å². The summed E-state index contributed by atoms with van der Waals surface area (Å²) in [5.74, 6) is 1.63. The zero-order valence-corrected chi connectivity index (χ0v) is 19.3. The molecule has 2 N–H and O–H groups in total. The standard InChI is InChI=1S/C19H14BrN5O2S3/c20-15-10-21-17(29-15)23-16(26)11-28-19-25-24-18(30-19)22-12-6-8-14(9-7-12)27-13-4-2-1-3-5-13/h1-10H,11H2,(H,22,24)(H,21,23,26). The zero-order chi connectivity index (χ0) is 20.8. The number of anilines is 3. The van der Waals surface area contributed by atoms with E-state index in [-0.39, 0.29) is 11.7 Å². The van der Waals surface area contributed by atoms with Crippen LogP contribution < -0.4 is 15.4 Å². The van der Waals surface area contributed by atoms with E-state index in [1.807, 2.05) is 54.6 Å². The van der Waals surface area contributed by atoms with Crippen LogP contribution >= 0.6 is 50.4 Å². The van der Waals surface area contributed by atoms with Crippen molar-refractivity contribution in [2.75, 3.05) is 16.4 Å². The highest BCUT2D eigenvalue weighted by Gasteiger charge is 2.10. The Bertz CT molecular complexity index is 1120. The lowest BCUT2D eigenvalue weighted by atomic mass is 10.3. The van der Waals surface area contributed by atoms with E-state index >= 15 is 0 Å². The fraction of sp³-hybridized carbons (Fsp3) is 0.0526. The third-order valence-electron chi connectivity index (χ3n) is 3.54. The normalized spacial score (nSPS) is 10.6. The Hall–Kier alpha value is -2.47. The van der Waals surface area contributed by atoms with E-state index < -0.39 is 0 Å². The summed E-state index contributed by atoms with van der Waals surface area (Å²) in [4.78, 5) is 16.1. The van der Waals surface area contributed by atoms with Gasteiger partial charge in [-0.15, -0.1) is 10.2 Å². The van der Waals surface area contributed by atoms with Crippen LogP contribution in [0.4, 0.5) is 16.0 Å². The molecule has 2 heterocycles. The smallest absolute Gasteiger partial charge is 0.236 e. The van der Waals surface area contributed by atoms with Gasteiger partial charge in [-0.2, -0.15) is 0 Å². The van der Waals surface area contributed by atoms with Crippen LogP contribution in [-0.2, 0) is 4.79 Å². The minimum absolute atomic E-state index is 0.138. The first kappa shape index (κ1) is 20.8. The van der Waals surface area contributed by atoms with Gasteiger partial charge in [-0.25, -0.2) is 4.98 Å². The van der Waals surface area contributed by atoms with Crippen LogP contribution in [0.5, 0.6) is 11.5 Å². The van der Waals surface area contributed by atoms with Crippen molar-refractivity contribution in [1.29, 1.82) is 0 Å². The number of carbonyl (C=O) groups is 1. The molecule has 7 nitrogen and oxygen atoms in total. The van der Waals surface area contributed by atoms with Crippen molar-refractivity contribution < 1.29 is 9.53 Å². The van der Waals surface area contributed by atoms with Crippen LogP contribution in [0.15, 0.2) is 68.9 Å². The van der Waals surface area contributed by atoms with Gasteiger partial charge in [-0.3, -0.25) is 4.79 Å². The Balaban J connectivity index is 1.27. The Morgan fingerprint density at radius 1 is 1.00 bits per heavy atom. The molecule has 1 amide bonds. The van der Waals surface area contributed by atoms with Gasteiger partial charge in [0.2, 0.25) is 11.0 Å². The van der Waals surface area contributed by atoms with E-state index in [0.29, 0.717) is 14.6 Å².